The first-order chi connectivity index (χ1) is 9.33. The maximum absolute atomic E-state index is 5.38. The largest absolute Gasteiger partial charge is 0.495 e. The molecule has 1 unspecified atom stereocenters. The number of para-hydroxylation sites is 2. The molecule has 0 fully saturated rings. The van der Waals surface area contributed by atoms with E-state index >= 15 is 0 Å². The van der Waals surface area contributed by atoms with Crippen LogP contribution in [0.3, 0.4) is 0 Å². The Bertz CT molecular complexity index is 496. The summed E-state index contributed by atoms with van der Waals surface area (Å²) in [6, 6.07) is 19.1. The number of hydrogen-bond donors (Lipinski definition) is 1. The summed E-state index contributed by atoms with van der Waals surface area (Å²) in [5.74, 6) is 0.897. The smallest absolute Gasteiger partial charge is 0.141 e. The molecule has 0 amide bonds. The van der Waals surface area contributed by atoms with Crippen molar-refractivity contribution in [2.45, 2.75) is 25.8 Å². The molecule has 0 aliphatic heterocycles. The lowest BCUT2D eigenvalue weighted by Gasteiger charge is -2.20. The topological polar surface area (TPSA) is 21.3 Å². The van der Waals surface area contributed by atoms with Crippen LogP contribution in [0.15, 0.2) is 54.6 Å². The number of ether oxygens (including phenoxy) is 1. The van der Waals surface area contributed by atoms with Gasteiger partial charge in [0.1, 0.15) is 5.75 Å². The molecule has 2 aromatic carbocycles. The highest BCUT2D eigenvalue weighted by Crippen LogP contribution is 2.25. The highest BCUT2D eigenvalue weighted by molar-refractivity contribution is 5.56. The van der Waals surface area contributed by atoms with Gasteiger partial charge >= 0.3 is 0 Å². The number of nitrogens with one attached hydrogen (secondary N) is 1. The molecule has 0 heterocycles. The minimum absolute atomic E-state index is 0.415. The first-order valence-corrected chi connectivity index (χ1v) is 6.77. The second-order valence-corrected chi connectivity index (χ2v) is 4.64. The van der Waals surface area contributed by atoms with E-state index < -0.39 is 0 Å². The van der Waals surface area contributed by atoms with E-state index in [9.17, 15) is 0 Å². The van der Waals surface area contributed by atoms with Crippen molar-refractivity contribution in [2.75, 3.05) is 12.4 Å². The predicted octanol–water partition coefficient (Wildman–Crippen LogP) is 4.13. The molecular formula is C17H21NO. The third-order valence-electron chi connectivity index (χ3n) is 3.28. The Morgan fingerprint density at radius 1 is 1.00 bits per heavy atom. The van der Waals surface area contributed by atoms with Crippen LogP contribution >= 0.6 is 0 Å². The summed E-state index contributed by atoms with van der Waals surface area (Å²) in [6.45, 7) is 2.20. The molecule has 0 aromatic heterocycles. The molecule has 0 bridgehead atoms. The van der Waals surface area contributed by atoms with Crippen LogP contribution in [-0.4, -0.2) is 13.2 Å². The number of anilines is 1. The molecule has 0 radical (unpaired) electrons. The van der Waals surface area contributed by atoms with Gasteiger partial charge in [-0.25, -0.2) is 0 Å². The van der Waals surface area contributed by atoms with Gasteiger partial charge in [-0.15, -0.1) is 0 Å². The maximum Gasteiger partial charge on any atom is 0.141 e. The van der Waals surface area contributed by atoms with Gasteiger partial charge in [0.2, 0.25) is 0 Å². The molecule has 2 rings (SSSR count). The number of rotatable bonds is 6. The fraction of sp³-hybridized carbons (Fsp3) is 0.294. The van der Waals surface area contributed by atoms with Crippen molar-refractivity contribution in [2.24, 2.45) is 0 Å². The van der Waals surface area contributed by atoms with Gasteiger partial charge in [-0.3, -0.25) is 0 Å². The molecule has 0 saturated heterocycles. The zero-order chi connectivity index (χ0) is 13.5. The van der Waals surface area contributed by atoms with Crippen molar-refractivity contribution in [3.63, 3.8) is 0 Å². The Kier molecular flexibility index (Phi) is 4.85. The predicted molar refractivity (Wildman–Crippen MR) is 80.8 cm³/mol. The van der Waals surface area contributed by atoms with E-state index in [0.717, 1.165) is 24.3 Å². The lowest BCUT2D eigenvalue weighted by atomic mass is 10.0. The Labute approximate surface area is 115 Å². The maximum atomic E-state index is 5.38. The molecule has 0 spiro atoms. The Hall–Kier alpha value is -1.96. The second kappa shape index (κ2) is 6.83. The molecule has 1 N–H and O–H groups in total. The molecule has 2 heteroatoms. The van der Waals surface area contributed by atoms with E-state index in [1.54, 1.807) is 7.11 Å². The quantitative estimate of drug-likeness (QED) is 0.838. The fourth-order valence-electron chi connectivity index (χ4n) is 2.18. The van der Waals surface area contributed by atoms with E-state index in [-0.39, 0.29) is 0 Å². The first kappa shape index (κ1) is 13.5. The molecule has 1 atom stereocenters. The normalized spacial score (nSPS) is 11.9. The van der Waals surface area contributed by atoms with Crippen LogP contribution in [0.5, 0.6) is 5.75 Å². The number of benzene rings is 2. The lowest BCUT2D eigenvalue weighted by molar-refractivity contribution is 0.415. The summed E-state index contributed by atoms with van der Waals surface area (Å²) in [4.78, 5) is 0. The van der Waals surface area contributed by atoms with Crippen LogP contribution in [0.2, 0.25) is 0 Å². The van der Waals surface area contributed by atoms with Gasteiger partial charge in [0.05, 0.1) is 12.8 Å². The van der Waals surface area contributed by atoms with Crippen molar-refractivity contribution in [3.05, 3.63) is 60.2 Å². The van der Waals surface area contributed by atoms with Gasteiger partial charge in [-0.05, 0) is 30.5 Å². The summed E-state index contributed by atoms with van der Waals surface area (Å²) in [6.07, 6.45) is 2.10. The first-order valence-electron chi connectivity index (χ1n) is 6.77. The highest BCUT2D eigenvalue weighted by atomic mass is 16.5. The SMILES string of the molecule is CCC(Cc1ccccc1)Nc1ccccc1OC. The highest BCUT2D eigenvalue weighted by Gasteiger charge is 2.09. The molecule has 2 nitrogen and oxygen atoms in total. The summed E-state index contributed by atoms with van der Waals surface area (Å²) < 4.78 is 5.38. The van der Waals surface area contributed by atoms with E-state index in [0.29, 0.717) is 6.04 Å². The average molecular weight is 255 g/mol. The van der Waals surface area contributed by atoms with Crippen LogP contribution in [0.25, 0.3) is 0 Å². The Morgan fingerprint density at radius 2 is 1.68 bits per heavy atom. The fourth-order valence-corrected chi connectivity index (χ4v) is 2.18. The van der Waals surface area contributed by atoms with Crippen molar-refractivity contribution >= 4 is 5.69 Å². The van der Waals surface area contributed by atoms with Crippen LogP contribution in [0.4, 0.5) is 5.69 Å². The molecule has 100 valence electrons. The van der Waals surface area contributed by atoms with E-state index in [2.05, 4.69) is 48.6 Å². The van der Waals surface area contributed by atoms with Gasteiger partial charge in [-0.2, -0.15) is 0 Å². The summed E-state index contributed by atoms with van der Waals surface area (Å²) in [7, 11) is 1.71. The van der Waals surface area contributed by atoms with Crippen molar-refractivity contribution < 1.29 is 4.74 Å². The van der Waals surface area contributed by atoms with E-state index in [1.807, 2.05) is 18.2 Å². The minimum Gasteiger partial charge on any atom is -0.495 e. The second-order valence-electron chi connectivity index (χ2n) is 4.64. The molecule has 2 aromatic rings. The molecule has 0 saturated carbocycles. The van der Waals surface area contributed by atoms with Gasteiger partial charge < -0.3 is 10.1 Å². The monoisotopic (exact) mass is 255 g/mol. The van der Waals surface area contributed by atoms with Crippen LogP contribution in [-0.2, 0) is 6.42 Å². The van der Waals surface area contributed by atoms with E-state index in [1.165, 1.54) is 5.56 Å². The standard InChI is InChI=1S/C17H21NO/c1-3-15(13-14-9-5-4-6-10-14)18-16-11-7-8-12-17(16)19-2/h4-12,15,18H,3,13H2,1-2H3. The van der Waals surface area contributed by atoms with Crippen molar-refractivity contribution in [1.29, 1.82) is 0 Å². The van der Waals surface area contributed by atoms with Crippen LogP contribution < -0.4 is 10.1 Å². The van der Waals surface area contributed by atoms with Gasteiger partial charge in [0.25, 0.3) is 0 Å². The van der Waals surface area contributed by atoms with Gasteiger partial charge in [0, 0.05) is 6.04 Å². The average Bonchev–Trinajstić information content (AvgIpc) is 2.48. The van der Waals surface area contributed by atoms with Crippen molar-refractivity contribution in [1.82, 2.24) is 0 Å². The van der Waals surface area contributed by atoms with Gasteiger partial charge in [-0.1, -0.05) is 49.4 Å². The molecule has 0 aliphatic rings. The number of methoxy groups -OCH3 is 1. The van der Waals surface area contributed by atoms with E-state index in [4.69, 9.17) is 4.74 Å². The minimum atomic E-state index is 0.415. The molecule has 0 aliphatic carbocycles. The third-order valence-corrected chi connectivity index (χ3v) is 3.28. The summed E-state index contributed by atoms with van der Waals surface area (Å²) in [5, 5.41) is 3.57. The Morgan fingerprint density at radius 3 is 2.37 bits per heavy atom. The van der Waals surface area contributed by atoms with Crippen molar-refractivity contribution in [3.8, 4) is 5.75 Å². The zero-order valence-corrected chi connectivity index (χ0v) is 11.6. The lowest BCUT2D eigenvalue weighted by Crippen LogP contribution is -2.21. The third kappa shape index (κ3) is 3.75. The van der Waals surface area contributed by atoms with Gasteiger partial charge in [0.15, 0.2) is 0 Å². The number of hydrogen-bond acceptors (Lipinski definition) is 2. The summed E-state index contributed by atoms with van der Waals surface area (Å²) >= 11 is 0. The summed E-state index contributed by atoms with van der Waals surface area (Å²) in [5.41, 5.74) is 2.42. The van der Waals surface area contributed by atoms with Crippen LogP contribution in [0, 0.1) is 0 Å². The zero-order valence-electron chi connectivity index (χ0n) is 11.6. The van der Waals surface area contributed by atoms with Crippen LogP contribution in [0.1, 0.15) is 18.9 Å². The Balaban J connectivity index is 2.07. The molecular weight excluding hydrogens is 234 g/mol. The molecule has 19 heavy (non-hydrogen) atoms.